The fraction of sp³-hybridized carbons (Fsp3) is 0.188. The third-order valence-corrected chi connectivity index (χ3v) is 2.57. The molecular weight excluding hydrogens is 220 g/mol. The van der Waals surface area contributed by atoms with E-state index < -0.39 is 0 Å². The zero-order valence-corrected chi connectivity index (χ0v) is 11.2. The zero-order chi connectivity index (χ0) is 13.4. The van der Waals surface area contributed by atoms with E-state index in [1.807, 2.05) is 62.5 Å². The van der Waals surface area contributed by atoms with Crippen molar-refractivity contribution in [3.8, 4) is 0 Å². The molecule has 2 N–H and O–H groups in total. The molecule has 0 saturated carbocycles. The highest BCUT2D eigenvalue weighted by Crippen LogP contribution is 2.15. The van der Waals surface area contributed by atoms with Gasteiger partial charge in [0, 0.05) is 11.9 Å². The second-order valence-corrected chi connectivity index (χ2v) is 4.03. The Morgan fingerprint density at radius 3 is 1.89 bits per heavy atom. The van der Waals surface area contributed by atoms with Gasteiger partial charge in [-0.3, -0.25) is 4.99 Å². The molecular formula is C16H20N2. The summed E-state index contributed by atoms with van der Waals surface area (Å²) in [5.74, 6) is 0. The molecule has 0 heterocycles. The summed E-state index contributed by atoms with van der Waals surface area (Å²) in [5, 5.41) is 0. The van der Waals surface area contributed by atoms with E-state index >= 15 is 0 Å². The second-order valence-electron chi connectivity index (χ2n) is 4.03. The smallest absolute Gasteiger partial charge is 0.0654 e. The molecule has 0 aliphatic carbocycles. The number of nitrogens with zero attached hydrogens (tertiary/aromatic N) is 1. The molecule has 2 rings (SSSR count). The molecule has 0 unspecified atom stereocenters. The lowest BCUT2D eigenvalue weighted by molar-refractivity contribution is 1.40. The maximum absolute atomic E-state index is 5.52. The van der Waals surface area contributed by atoms with Gasteiger partial charge >= 0.3 is 0 Å². The highest BCUT2D eigenvalue weighted by atomic mass is 14.7. The van der Waals surface area contributed by atoms with Crippen LogP contribution in [0.4, 0.5) is 11.4 Å². The fourth-order valence-corrected chi connectivity index (χ4v) is 1.43. The van der Waals surface area contributed by atoms with Crippen molar-refractivity contribution in [2.24, 2.45) is 4.99 Å². The van der Waals surface area contributed by atoms with Crippen LogP contribution in [0, 0.1) is 13.8 Å². The van der Waals surface area contributed by atoms with Crippen LogP contribution >= 0.6 is 0 Å². The molecule has 94 valence electrons. The molecule has 2 aromatic carbocycles. The Kier molecular flexibility index (Phi) is 5.65. The summed E-state index contributed by atoms with van der Waals surface area (Å²) in [7, 11) is 0. The normalized spacial score (nSPS) is 9.94. The van der Waals surface area contributed by atoms with Gasteiger partial charge < -0.3 is 5.73 Å². The van der Waals surface area contributed by atoms with Crippen LogP contribution in [0.2, 0.25) is 0 Å². The third kappa shape index (κ3) is 4.42. The minimum atomic E-state index is 0.868. The van der Waals surface area contributed by atoms with Crippen molar-refractivity contribution in [3.05, 3.63) is 59.7 Å². The summed E-state index contributed by atoms with van der Waals surface area (Å²) in [6, 6.07) is 15.9. The van der Waals surface area contributed by atoms with E-state index in [0.29, 0.717) is 0 Å². The van der Waals surface area contributed by atoms with E-state index in [4.69, 9.17) is 5.73 Å². The molecule has 0 spiro atoms. The quantitative estimate of drug-likeness (QED) is 0.586. The lowest BCUT2D eigenvalue weighted by Crippen LogP contribution is -1.85. The Bertz CT molecular complexity index is 495. The molecule has 0 bridgehead atoms. The Labute approximate surface area is 109 Å². The first-order valence-electron chi connectivity index (χ1n) is 6.00. The first-order valence-corrected chi connectivity index (χ1v) is 6.00. The van der Waals surface area contributed by atoms with Crippen molar-refractivity contribution in [1.82, 2.24) is 0 Å². The lowest BCUT2D eigenvalue weighted by atomic mass is 10.2. The average molecular weight is 240 g/mol. The standard InChI is InChI=1S/C9H11N.C7H9N/c1-3-10-9-7-5-4-6-8(9)2;1-6-4-2-3-5-7(6)8/h3-7H,1-2H3;2-5H,8H2,1H3. The number of nitrogens with two attached hydrogens (primary N) is 1. The highest BCUT2D eigenvalue weighted by molar-refractivity contribution is 5.62. The van der Waals surface area contributed by atoms with Crippen molar-refractivity contribution < 1.29 is 0 Å². The number of aliphatic imine (C=N–C) groups is 1. The van der Waals surface area contributed by atoms with Crippen LogP contribution < -0.4 is 5.73 Å². The summed E-state index contributed by atoms with van der Waals surface area (Å²) < 4.78 is 0. The molecule has 0 amide bonds. The van der Waals surface area contributed by atoms with Gasteiger partial charge in [-0.25, -0.2) is 0 Å². The van der Waals surface area contributed by atoms with E-state index in [-0.39, 0.29) is 0 Å². The van der Waals surface area contributed by atoms with Crippen LogP contribution in [0.1, 0.15) is 18.1 Å². The topological polar surface area (TPSA) is 38.4 Å². The predicted molar refractivity (Wildman–Crippen MR) is 80.6 cm³/mol. The summed E-state index contributed by atoms with van der Waals surface area (Å²) in [5.41, 5.74) is 9.82. The van der Waals surface area contributed by atoms with Crippen molar-refractivity contribution in [2.45, 2.75) is 20.8 Å². The molecule has 0 aromatic heterocycles. The first-order chi connectivity index (χ1) is 8.65. The van der Waals surface area contributed by atoms with Gasteiger partial charge in [-0.05, 0) is 44.0 Å². The van der Waals surface area contributed by atoms with E-state index in [2.05, 4.69) is 18.0 Å². The lowest BCUT2D eigenvalue weighted by Gasteiger charge is -1.95. The number of rotatable bonds is 1. The minimum Gasteiger partial charge on any atom is -0.399 e. The number of benzene rings is 2. The zero-order valence-electron chi connectivity index (χ0n) is 11.2. The molecule has 0 aliphatic heterocycles. The van der Waals surface area contributed by atoms with Crippen LogP contribution in [0.3, 0.4) is 0 Å². The Morgan fingerprint density at radius 2 is 1.44 bits per heavy atom. The Hall–Kier alpha value is -2.09. The number of aryl methyl sites for hydroxylation is 2. The van der Waals surface area contributed by atoms with Crippen molar-refractivity contribution >= 4 is 17.6 Å². The van der Waals surface area contributed by atoms with Crippen LogP contribution in [0.25, 0.3) is 0 Å². The molecule has 0 fully saturated rings. The van der Waals surface area contributed by atoms with Gasteiger partial charge in [-0.15, -0.1) is 0 Å². The molecule has 18 heavy (non-hydrogen) atoms. The van der Waals surface area contributed by atoms with Crippen LogP contribution in [0.15, 0.2) is 53.5 Å². The Morgan fingerprint density at radius 1 is 0.889 bits per heavy atom. The van der Waals surface area contributed by atoms with Crippen molar-refractivity contribution in [2.75, 3.05) is 5.73 Å². The number of nitrogen functional groups attached to an aromatic ring is 1. The molecule has 2 aromatic rings. The van der Waals surface area contributed by atoms with Crippen LogP contribution in [0.5, 0.6) is 0 Å². The summed E-state index contributed by atoms with van der Waals surface area (Å²) in [6.45, 7) is 5.98. The van der Waals surface area contributed by atoms with Gasteiger partial charge in [0.2, 0.25) is 0 Å². The third-order valence-electron chi connectivity index (χ3n) is 2.57. The summed E-state index contributed by atoms with van der Waals surface area (Å²) in [4.78, 5) is 4.18. The van der Waals surface area contributed by atoms with E-state index in [0.717, 1.165) is 16.9 Å². The van der Waals surface area contributed by atoms with Gasteiger partial charge in [-0.2, -0.15) is 0 Å². The van der Waals surface area contributed by atoms with Gasteiger partial charge in [-0.1, -0.05) is 36.4 Å². The predicted octanol–water partition coefficient (Wildman–Crippen LogP) is 4.29. The summed E-state index contributed by atoms with van der Waals surface area (Å²) >= 11 is 0. The highest BCUT2D eigenvalue weighted by Gasteiger charge is 1.89. The van der Waals surface area contributed by atoms with E-state index in [9.17, 15) is 0 Å². The maximum Gasteiger partial charge on any atom is 0.0654 e. The SMILES string of the molecule is CC=Nc1ccccc1C.Cc1ccccc1N. The van der Waals surface area contributed by atoms with E-state index in [1.165, 1.54) is 5.56 Å². The fourth-order valence-electron chi connectivity index (χ4n) is 1.43. The minimum absolute atomic E-state index is 0.868. The Balaban J connectivity index is 0.000000184. The van der Waals surface area contributed by atoms with E-state index in [1.54, 1.807) is 0 Å². The van der Waals surface area contributed by atoms with Crippen molar-refractivity contribution in [1.29, 1.82) is 0 Å². The van der Waals surface area contributed by atoms with Gasteiger partial charge in [0.15, 0.2) is 0 Å². The number of para-hydroxylation sites is 2. The average Bonchev–Trinajstić information content (AvgIpc) is 2.37. The maximum atomic E-state index is 5.52. The van der Waals surface area contributed by atoms with Gasteiger partial charge in [0.25, 0.3) is 0 Å². The molecule has 2 heteroatoms. The molecule has 0 radical (unpaired) electrons. The molecule has 0 atom stereocenters. The first kappa shape index (κ1) is 14.0. The molecule has 0 aliphatic rings. The largest absolute Gasteiger partial charge is 0.399 e. The summed E-state index contributed by atoms with van der Waals surface area (Å²) in [6.07, 6.45) is 1.81. The number of anilines is 1. The molecule has 0 saturated heterocycles. The monoisotopic (exact) mass is 240 g/mol. The van der Waals surface area contributed by atoms with Crippen molar-refractivity contribution in [3.63, 3.8) is 0 Å². The molecule has 2 nitrogen and oxygen atoms in total. The van der Waals surface area contributed by atoms with Gasteiger partial charge in [0.1, 0.15) is 0 Å². The van der Waals surface area contributed by atoms with Crippen LogP contribution in [-0.2, 0) is 0 Å². The van der Waals surface area contributed by atoms with Gasteiger partial charge in [0.05, 0.1) is 5.69 Å². The number of hydrogen-bond acceptors (Lipinski definition) is 2. The second kappa shape index (κ2) is 7.28. The number of hydrogen-bond donors (Lipinski definition) is 1. The van der Waals surface area contributed by atoms with Crippen LogP contribution in [-0.4, -0.2) is 6.21 Å².